The Morgan fingerprint density at radius 3 is 2.95 bits per heavy atom. The van der Waals surface area contributed by atoms with E-state index in [4.69, 9.17) is 0 Å². The molecule has 0 unspecified atom stereocenters. The number of nitrogens with zero attached hydrogens (tertiary/aromatic N) is 2. The molecule has 0 N–H and O–H groups in total. The first-order valence-electron chi connectivity index (χ1n) is 7.48. The van der Waals surface area contributed by atoms with Crippen LogP contribution in [0.2, 0.25) is 0 Å². The van der Waals surface area contributed by atoms with E-state index in [1.165, 1.54) is 17.3 Å². The van der Waals surface area contributed by atoms with Crippen molar-refractivity contribution in [1.82, 2.24) is 4.90 Å². The van der Waals surface area contributed by atoms with Crippen molar-refractivity contribution in [1.29, 1.82) is 0 Å². The number of hydrogen-bond acceptors (Lipinski definition) is 3. The van der Waals surface area contributed by atoms with Gasteiger partial charge in [-0.3, -0.25) is 9.59 Å². The van der Waals surface area contributed by atoms with Crippen LogP contribution in [-0.4, -0.2) is 40.9 Å². The maximum Gasteiger partial charge on any atom is 0.281 e. The summed E-state index contributed by atoms with van der Waals surface area (Å²) >= 11 is 1.34. The molecule has 4 nitrogen and oxygen atoms in total. The minimum Gasteiger partial charge on any atom is -0.332 e. The molecule has 2 heterocycles. The maximum atomic E-state index is 12.6. The lowest BCUT2D eigenvalue weighted by molar-refractivity contribution is -0.119. The fourth-order valence-electron chi connectivity index (χ4n) is 3.05. The van der Waals surface area contributed by atoms with E-state index in [0.717, 1.165) is 30.8 Å². The van der Waals surface area contributed by atoms with Crippen LogP contribution < -0.4 is 4.90 Å². The van der Waals surface area contributed by atoms with Crippen LogP contribution in [0.5, 0.6) is 0 Å². The highest BCUT2D eigenvalue weighted by Gasteiger charge is 2.29. The van der Waals surface area contributed by atoms with Crippen molar-refractivity contribution in [3.05, 3.63) is 29.8 Å². The Balaban J connectivity index is 1.70. The van der Waals surface area contributed by atoms with Gasteiger partial charge in [0.15, 0.2) is 0 Å². The van der Waals surface area contributed by atoms with Crippen LogP contribution in [0.3, 0.4) is 0 Å². The number of anilines is 1. The van der Waals surface area contributed by atoms with Crippen LogP contribution in [0.4, 0.5) is 10.5 Å². The molecule has 1 fully saturated rings. The highest BCUT2D eigenvalue weighted by molar-refractivity contribution is 8.13. The van der Waals surface area contributed by atoms with Crippen molar-refractivity contribution in [2.45, 2.75) is 32.2 Å². The number of rotatable bonds is 3. The first-order chi connectivity index (χ1) is 10.2. The monoisotopic (exact) mass is 304 g/mol. The molecule has 2 aliphatic rings. The number of carbonyl (C=O) groups excluding carboxylic acids is 2. The zero-order valence-corrected chi connectivity index (χ0v) is 13.1. The van der Waals surface area contributed by atoms with Gasteiger partial charge in [0, 0.05) is 37.0 Å². The number of carbonyl (C=O) groups is 2. The second kappa shape index (κ2) is 6.10. The van der Waals surface area contributed by atoms with Crippen molar-refractivity contribution < 1.29 is 9.59 Å². The molecule has 1 atom stereocenters. The Morgan fingerprint density at radius 2 is 2.19 bits per heavy atom. The van der Waals surface area contributed by atoms with Gasteiger partial charge in [0.25, 0.3) is 5.24 Å². The van der Waals surface area contributed by atoms with Gasteiger partial charge in [-0.2, -0.15) is 0 Å². The van der Waals surface area contributed by atoms with Gasteiger partial charge >= 0.3 is 0 Å². The summed E-state index contributed by atoms with van der Waals surface area (Å²) in [6.07, 6.45) is 2.44. The molecular weight excluding hydrogens is 284 g/mol. The molecule has 5 heteroatoms. The molecule has 1 aromatic carbocycles. The molecule has 0 bridgehead atoms. The average Bonchev–Trinajstić information content (AvgIpc) is 2.90. The van der Waals surface area contributed by atoms with Crippen molar-refractivity contribution in [3.63, 3.8) is 0 Å². The number of amides is 2. The Labute approximate surface area is 129 Å². The van der Waals surface area contributed by atoms with Crippen LogP contribution in [-0.2, 0) is 11.2 Å². The van der Waals surface area contributed by atoms with Crippen LogP contribution in [0.1, 0.15) is 25.3 Å². The lowest BCUT2D eigenvalue weighted by atomic mass is 9.96. The SMILES string of the molecule is C[C@H]1CCc2ccccc2N1C(=O)CCN1CCSC1=O. The molecule has 2 aliphatic heterocycles. The fraction of sp³-hybridized carbons (Fsp3) is 0.500. The van der Waals surface area contributed by atoms with Crippen molar-refractivity contribution in [2.24, 2.45) is 0 Å². The maximum absolute atomic E-state index is 12.6. The fourth-order valence-corrected chi connectivity index (χ4v) is 3.90. The molecule has 1 saturated heterocycles. The number of benzene rings is 1. The topological polar surface area (TPSA) is 40.6 Å². The average molecular weight is 304 g/mol. The molecule has 1 aromatic rings. The summed E-state index contributed by atoms with van der Waals surface area (Å²) in [5, 5.41) is 0.106. The normalized spacial score (nSPS) is 21.6. The molecule has 3 rings (SSSR count). The van der Waals surface area contributed by atoms with Crippen LogP contribution in [0.25, 0.3) is 0 Å². The summed E-state index contributed by atoms with van der Waals surface area (Å²) in [5.41, 5.74) is 2.29. The molecule has 0 spiro atoms. The number of fused-ring (bicyclic) bond motifs is 1. The molecule has 0 radical (unpaired) electrons. The smallest absolute Gasteiger partial charge is 0.281 e. The van der Waals surface area contributed by atoms with Gasteiger partial charge in [0.05, 0.1) is 0 Å². The third-order valence-corrected chi connectivity index (χ3v) is 5.12. The Morgan fingerprint density at radius 1 is 1.38 bits per heavy atom. The lowest BCUT2D eigenvalue weighted by Crippen LogP contribution is -2.43. The van der Waals surface area contributed by atoms with Crippen molar-refractivity contribution in [3.8, 4) is 0 Å². The first-order valence-corrected chi connectivity index (χ1v) is 8.47. The summed E-state index contributed by atoms with van der Waals surface area (Å²) in [6.45, 7) is 3.41. The van der Waals surface area contributed by atoms with E-state index in [-0.39, 0.29) is 17.2 Å². The van der Waals surface area contributed by atoms with E-state index in [1.807, 2.05) is 23.1 Å². The molecule has 0 aliphatic carbocycles. The molecule has 21 heavy (non-hydrogen) atoms. The molecular formula is C16H20N2O2S. The standard InChI is InChI=1S/C16H20N2O2S/c1-12-6-7-13-4-2-3-5-14(13)18(12)15(19)8-9-17-10-11-21-16(17)20/h2-5,12H,6-11H2,1H3/t12-/m0/s1. The predicted molar refractivity (Wildman–Crippen MR) is 85.8 cm³/mol. The van der Waals surface area contributed by atoms with E-state index in [2.05, 4.69) is 13.0 Å². The quantitative estimate of drug-likeness (QED) is 0.862. The van der Waals surface area contributed by atoms with Crippen LogP contribution in [0.15, 0.2) is 24.3 Å². The van der Waals surface area contributed by atoms with Gasteiger partial charge in [-0.15, -0.1) is 0 Å². The van der Waals surface area contributed by atoms with E-state index >= 15 is 0 Å². The zero-order chi connectivity index (χ0) is 14.8. The van der Waals surface area contributed by atoms with Crippen LogP contribution in [0, 0.1) is 0 Å². The van der Waals surface area contributed by atoms with Gasteiger partial charge in [-0.25, -0.2) is 0 Å². The minimum atomic E-state index is 0.106. The molecule has 0 saturated carbocycles. The number of para-hydroxylation sites is 1. The third-order valence-electron chi connectivity index (χ3n) is 4.23. The van der Waals surface area contributed by atoms with Gasteiger partial charge in [-0.05, 0) is 31.4 Å². The highest BCUT2D eigenvalue weighted by Crippen LogP contribution is 2.31. The Hall–Kier alpha value is -1.49. The summed E-state index contributed by atoms with van der Waals surface area (Å²) in [5.74, 6) is 0.968. The van der Waals surface area contributed by atoms with Crippen molar-refractivity contribution >= 4 is 28.6 Å². The summed E-state index contributed by atoms with van der Waals surface area (Å²) < 4.78 is 0. The largest absolute Gasteiger partial charge is 0.332 e. The van der Waals surface area contributed by atoms with E-state index < -0.39 is 0 Å². The van der Waals surface area contributed by atoms with Gasteiger partial charge < -0.3 is 9.80 Å². The summed E-state index contributed by atoms with van der Waals surface area (Å²) in [7, 11) is 0. The van der Waals surface area contributed by atoms with Gasteiger partial charge in [0.1, 0.15) is 0 Å². The Bertz CT molecular complexity index is 561. The minimum absolute atomic E-state index is 0.106. The molecule has 112 valence electrons. The lowest BCUT2D eigenvalue weighted by Gasteiger charge is -2.35. The molecule has 0 aromatic heterocycles. The first kappa shape index (κ1) is 14.4. The zero-order valence-electron chi connectivity index (χ0n) is 12.2. The predicted octanol–water partition coefficient (Wildman–Crippen LogP) is 2.91. The summed E-state index contributed by atoms with van der Waals surface area (Å²) in [6, 6.07) is 8.37. The van der Waals surface area contributed by atoms with Gasteiger partial charge in [0.2, 0.25) is 5.91 Å². The molecule has 2 amide bonds. The Kier molecular flexibility index (Phi) is 4.19. The number of thioether (sulfide) groups is 1. The van der Waals surface area contributed by atoms with E-state index in [0.29, 0.717) is 13.0 Å². The third kappa shape index (κ3) is 2.93. The van der Waals surface area contributed by atoms with E-state index in [9.17, 15) is 9.59 Å². The number of aryl methyl sites for hydroxylation is 1. The van der Waals surface area contributed by atoms with E-state index in [1.54, 1.807) is 4.90 Å². The second-order valence-electron chi connectivity index (χ2n) is 5.63. The van der Waals surface area contributed by atoms with Gasteiger partial charge in [-0.1, -0.05) is 30.0 Å². The van der Waals surface area contributed by atoms with Crippen LogP contribution >= 0.6 is 11.8 Å². The van der Waals surface area contributed by atoms with Crippen molar-refractivity contribution in [2.75, 3.05) is 23.7 Å². The number of hydrogen-bond donors (Lipinski definition) is 0. The second-order valence-corrected chi connectivity index (χ2v) is 6.68. The highest BCUT2D eigenvalue weighted by atomic mass is 32.2. The summed E-state index contributed by atoms with van der Waals surface area (Å²) in [4.78, 5) is 27.9.